The third kappa shape index (κ3) is 8.12. The quantitative estimate of drug-likeness (QED) is 0.212. The first-order valence-electron chi connectivity index (χ1n) is 16.4. The van der Waals surface area contributed by atoms with Gasteiger partial charge in [0.1, 0.15) is 0 Å². The molecule has 2 aliphatic rings. The van der Waals surface area contributed by atoms with Gasteiger partial charge in [0.15, 0.2) is 0 Å². The number of piperidine rings is 1. The second-order valence-corrected chi connectivity index (χ2v) is 12.9. The zero-order valence-corrected chi connectivity index (χ0v) is 26.6. The summed E-state index contributed by atoms with van der Waals surface area (Å²) in [5, 5.41) is 9.49. The van der Waals surface area contributed by atoms with E-state index in [2.05, 4.69) is 69.0 Å². The molecule has 6 rings (SSSR count). The first-order valence-corrected chi connectivity index (χ1v) is 16.8. The molecule has 45 heavy (non-hydrogen) atoms. The van der Waals surface area contributed by atoms with Gasteiger partial charge in [-0.3, -0.25) is 9.59 Å². The lowest BCUT2D eigenvalue weighted by atomic mass is 9.90. The second kappa shape index (κ2) is 15.0. The molecule has 0 aliphatic carbocycles. The van der Waals surface area contributed by atoms with E-state index in [-0.39, 0.29) is 29.8 Å². The number of fused-ring (bicyclic) bond motifs is 1. The molecule has 4 aromatic carbocycles. The third-order valence-corrected chi connectivity index (χ3v) is 9.59. The molecule has 2 atom stereocenters. The van der Waals surface area contributed by atoms with Gasteiger partial charge >= 0.3 is 0 Å². The number of hydrogen-bond donors (Lipinski definition) is 2. The molecule has 2 unspecified atom stereocenters. The fourth-order valence-corrected chi connectivity index (χ4v) is 6.98. The van der Waals surface area contributed by atoms with Crippen LogP contribution in [0.15, 0.2) is 97.1 Å². The van der Waals surface area contributed by atoms with E-state index in [0.29, 0.717) is 30.2 Å². The minimum atomic E-state index is -0.297. The Kier molecular flexibility index (Phi) is 10.5. The van der Waals surface area contributed by atoms with Crippen molar-refractivity contribution in [2.45, 2.75) is 50.1 Å². The minimum Gasteiger partial charge on any atom is -0.350 e. The summed E-state index contributed by atoms with van der Waals surface area (Å²) in [5.74, 6) is 0.128. The SMILES string of the molecule is O=C(NCC1CCN(CC(c2ccccc2)c2ccccc2)C(=O)C(CCN2CCCCC2)N1)c1ccc2cc(Cl)ccc2c1. The summed E-state index contributed by atoms with van der Waals surface area (Å²) in [7, 11) is 0. The summed E-state index contributed by atoms with van der Waals surface area (Å²) in [6.07, 6.45) is 5.26. The average Bonchev–Trinajstić information content (AvgIpc) is 3.23. The van der Waals surface area contributed by atoms with Crippen LogP contribution < -0.4 is 10.6 Å². The highest BCUT2D eigenvalue weighted by molar-refractivity contribution is 6.31. The Hall–Kier alpha value is -3.71. The lowest BCUT2D eigenvalue weighted by Gasteiger charge is -2.31. The molecule has 2 amide bonds. The van der Waals surface area contributed by atoms with E-state index < -0.39 is 0 Å². The molecular weight excluding hydrogens is 580 g/mol. The van der Waals surface area contributed by atoms with Gasteiger partial charge in [-0.2, -0.15) is 0 Å². The maximum Gasteiger partial charge on any atom is 0.251 e. The van der Waals surface area contributed by atoms with Crippen molar-refractivity contribution < 1.29 is 9.59 Å². The maximum absolute atomic E-state index is 14.2. The Labute approximate surface area is 271 Å². The molecule has 2 saturated heterocycles. The molecule has 0 spiro atoms. The minimum absolute atomic E-state index is 0.0135. The Morgan fingerprint density at radius 3 is 2.22 bits per heavy atom. The smallest absolute Gasteiger partial charge is 0.251 e. The van der Waals surface area contributed by atoms with Crippen LogP contribution in [0.25, 0.3) is 10.8 Å². The summed E-state index contributed by atoms with van der Waals surface area (Å²) in [4.78, 5) is 32.0. The number of nitrogens with zero attached hydrogens (tertiary/aromatic N) is 2. The first-order chi connectivity index (χ1) is 22.0. The Morgan fingerprint density at radius 2 is 1.51 bits per heavy atom. The van der Waals surface area contributed by atoms with Gasteiger partial charge in [0.05, 0.1) is 6.04 Å². The van der Waals surface area contributed by atoms with Gasteiger partial charge in [0.2, 0.25) is 5.91 Å². The van der Waals surface area contributed by atoms with Crippen LogP contribution in [-0.2, 0) is 4.79 Å². The van der Waals surface area contributed by atoms with Gasteiger partial charge in [-0.15, -0.1) is 0 Å². The molecule has 0 radical (unpaired) electrons. The molecule has 0 aromatic heterocycles. The highest BCUT2D eigenvalue weighted by Crippen LogP contribution is 2.27. The van der Waals surface area contributed by atoms with Gasteiger partial charge in [-0.1, -0.05) is 90.8 Å². The molecule has 2 fully saturated rings. The van der Waals surface area contributed by atoms with Gasteiger partial charge in [-0.25, -0.2) is 0 Å². The van der Waals surface area contributed by atoms with Crippen molar-refractivity contribution >= 4 is 34.2 Å². The monoisotopic (exact) mass is 622 g/mol. The number of hydrogen-bond acceptors (Lipinski definition) is 4. The van der Waals surface area contributed by atoms with Crippen LogP contribution in [0.3, 0.4) is 0 Å². The Balaban J connectivity index is 1.17. The predicted molar refractivity (Wildman–Crippen MR) is 183 cm³/mol. The van der Waals surface area contributed by atoms with Gasteiger partial charge in [0.25, 0.3) is 5.91 Å². The number of carbonyl (C=O) groups excluding carboxylic acids is 2. The molecular formula is C38H43ClN4O2. The van der Waals surface area contributed by atoms with Crippen LogP contribution in [0, 0.1) is 0 Å². The van der Waals surface area contributed by atoms with Crippen molar-refractivity contribution in [1.29, 1.82) is 0 Å². The number of nitrogens with one attached hydrogen (secondary N) is 2. The van der Waals surface area contributed by atoms with Gasteiger partial charge in [0, 0.05) is 48.7 Å². The highest BCUT2D eigenvalue weighted by Gasteiger charge is 2.33. The van der Waals surface area contributed by atoms with Crippen LogP contribution in [0.2, 0.25) is 5.02 Å². The number of carbonyl (C=O) groups is 2. The first kappa shape index (κ1) is 31.3. The Morgan fingerprint density at radius 1 is 0.844 bits per heavy atom. The van der Waals surface area contributed by atoms with E-state index in [0.717, 1.165) is 43.2 Å². The predicted octanol–water partition coefficient (Wildman–Crippen LogP) is 6.49. The normalized spacial score (nSPS) is 19.5. The van der Waals surface area contributed by atoms with Gasteiger partial charge < -0.3 is 20.4 Å². The molecule has 234 valence electrons. The lowest BCUT2D eigenvalue weighted by Crippen LogP contribution is -2.50. The summed E-state index contributed by atoms with van der Waals surface area (Å²) in [5.41, 5.74) is 3.03. The molecule has 0 bridgehead atoms. The number of rotatable bonds is 10. The van der Waals surface area contributed by atoms with Crippen LogP contribution in [-0.4, -0.2) is 73.0 Å². The highest BCUT2D eigenvalue weighted by atomic mass is 35.5. The molecule has 2 N–H and O–H groups in total. The van der Waals surface area contributed by atoms with E-state index in [9.17, 15) is 9.59 Å². The summed E-state index contributed by atoms with van der Waals surface area (Å²) in [6.45, 7) is 4.82. The van der Waals surface area contributed by atoms with Crippen molar-refractivity contribution in [2.24, 2.45) is 0 Å². The molecule has 6 nitrogen and oxygen atoms in total. The van der Waals surface area contributed by atoms with E-state index in [1.807, 2.05) is 48.5 Å². The number of likely N-dealkylation sites (tertiary alicyclic amines) is 1. The standard InChI is InChI=1S/C38H43ClN4O2/c39-33-17-16-30-24-32(15-14-31(30)25-33)37(44)40-26-34-18-23-43(38(45)36(41-34)19-22-42-20-8-3-9-21-42)27-35(28-10-4-1-5-11-28)29-12-6-2-7-13-29/h1-2,4-7,10-17,24-25,34-36,41H,3,8-9,18-23,26-27H2,(H,40,44). The summed E-state index contributed by atoms with van der Waals surface area (Å²) in [6, 6.07) is 32.0. The topological polar surface area (TPSA) is 64.7 Å². The lowest BCUT2D eigenvalue weighted by molar-refractivity contribution is -0.133. The summed E-state index contributed by atoms with van der Waals surface area (Å²) < 4.78 is 0. The number of halogens is 1. The number of amides is 2. The third-order valence-electron chi connectivity index (χ3n) is 9.36. The zero-order valence-electron chi connectivity index (χ0n) is 25.8. The van der Waals surface area contributed by atoms with E-state index in [1.165, 1.54) is 30.4 Å². The fourth-order valence-electron chi connectivity index (χ4n) is 6.80. The number of benzene rings is 4. The van der Waals surface area contributed by atoms with E-state index >= 15 is 0 Å². The van der Waals surface area contributed by atoms with Crippen molar-refractivity contribution in [1.82, 2.24) is 20.4 Å². The molecule has 0 saturated carbocycles. The fraction of sp³-hybridized carbons (Fsp3) is 0.368. The van der Waals surface area contributed by atoms with Crippen LogP contribution in [0.4, 0.5) is 0 Å². The molecule has 2 heterocycles. The van der Waals surface area contributed by atoms with Crippen LogP contribution >= 0.6 is 11.6 Å². The zero-order chi connectivity index (χ0) is 31.0. The van der Waals surface area contributed by atoms with Crippen LogP contribution in [0.5, 0.6) is 0 Å². The van der Waals surface area contributed by atoms with Crippen molar-refractivity contribution in [3.8, 4) is 0 Å². The molecule has 4 aromatic rings. The Bertz CT molecular complexity index is 1540. The largest absolute Gasteiger partial charge is 0.350 e. The van der Waals surface area contributed by atoms with Crippen molar-refractivity contribution in [3.63, 3.8) is 0 Å². The van der Waals surface area contributed by atoms with E-state index in [4.69, 9.17) is 11.6 Å². The van der Waals surface area contributed by atoms with Crippen molar-refractivity contribution in [3.05, 3.63) is 119 Å². The van der Waals surface area contributed by atoms with Crippen LogP contribution in [0.1, 0.15) is 59.5 Å². The average molecular weight is 623 g/mol. The second-order valence-electron chi connectivity index (χ2n) is 12.5. The molecule has 7 heteroatoms. The maximum atomic E-state index is 14.2. The van der Waals surface area contributed by atoms with Crippen molar-refractivity contribution in [2.75, 3.05) is 39.3 Å². The van der Waals surface area contributed by atoms with E-state index in [1.54, 1.807) is 0 Å². The summed E-state index contributed by atoms with van der Waals surface area (Å²) >= 11 is 6.14. The molecule has 2 aliphatic heterocycles. The van der Waals surface area contributed by atoms with Gasteiger partial charge in [-0.05, 0) is 84.9 Å².